The van der Waals surface area contributed by atoms with Gasteiger partial charge in [0.1, 0.15) is 5.76 Å². The molecule has 0 aliphatic carbocycles. The molecule has 0 saturated carbocycles. The molecule has 1 heterocycles. The maximum atomic E-state index is 12.4. The zero-order valence-electron chi connectivity index (χ0n) is 12.9. The molecule has 0 atom stereocenters. The van der Waals surface area contributed by atoms with Crippen LogP contribution in [0.2, 0.25) is 5.02 Å². The summed E-state index contributed by atoms with van der Waals surface area (Å²) in [6.45, 7) is 4.41. The molecule has 5 heteroatoms. The summed E-state index contributed by atoms with van der Waals surface area (Å²) in [5.41, 5.74) is 6.18. The third-order valence-corrected chi connectivity index (χ3v) is 4.42. The van der Waals surface area contributed by atoms with Crippen molar-refractivity contribution in [1.29, 1.82) is 0 Å². The van der Waals surface area contributed by atoms with Crippen LogP contribution in [0.5, 0.6) is 0 Å². The molecule has 1 aromatic carbocycles. The molecule has 118 valence electrons. The number of hydrogen-bond donors (Lipinski definition) is 2. The SMILES string of the molecule is CCC(CC)(CN)NC(=O)c1ccc(-c2ccccc2Cl)o1. The van der Waals surface area contributed by atoms with E-state index >= 15 is 0 Å². The molecule has 3 N–H and O–H groups in total. The summed E-state index contributed by atoms with van der Waals surface area (Å²) in [5.74, 6) is 0.573. The van der Waals surface area contributed by atoms with E-state index in [0.717, 1.165) is 18.4 Å². The molecule has 0 bridgehead atoms. The van der Waals surface area contributed by atoms with Gasteiger partial charge in [0.25, 0.3) is 5.91 Å². The van der Waals surface area contributed by atoms with Crippen molar-refractivity contribution in [1.82, 2.24) is 5.32 Å². The van der Waals surface area contributed by atoms with E-state index in [1.54, 1.807) is 18.2 Å². The Bertz CT molecular complexity index is 639. The third-order valence-electron chi connectivity index (χ3n) is 4.09. The van der Waals surface area contributed by atoms with Crippen molar-refractivity contribution in [3.05, 3.63) is 47.2 Å². The van der Waals surface area contributed by atoms with Crippen molar-refractivity contribution in [2.45, 2.75) is 32.2 Å². The van der Waals surface area contributed by atoms with Crippen LogP contribution >= 0.6 is 11.6 Å². The summed E-state index contributed by atoms with van der Waals surface area (Å²) in [6, 6.07) is 10.8. The van der Waals surface area contributed by atoms with Gasteiger partial charge in [0.15, 0.2) is 5.76 Å². The lowest BCUT2D eigenvalue weighted by Gasteiger charge is -2.30. The number of carbonyl (C=O) groups is 1. The van der Waals surface area contributed by atoms with Gasteiger partial charge in [-0.3, -0.25) is 4.79 Å². The van der Waals surface area contributed by atoms with Gasteiger partial charge >= 0.3 is 0 Å². The predicted octanol–water partition coefficient (Wildman–Crippen LogP) is 3.85. The van der Waals surface area contributed by atoms with Crippen molar-refractivity contribution in [2.24, 2.45) is 5.73 Å². The van der Waals surface area contributed by atoms with Crippen LogP contribution in [0, 0.1) is 0 Å². The van der Waals surface area contributed by atoms with E-state index in [-0.39, 0.29) is 11.7 Å². The lowest BCUT2D eigenvalue weighted by atomic mass is 9.93. The summed E-state index contributed by atoms with van der Waals surface area (Å²) < 4.78 is 5.65. The first-order valence-corrected chi connectivity index (χ1v) is 7.80. The molecule has 0 aliphatic heterocycles. The van der Waals surface area contributed by atoms with Crippen LogP contribution in [0.3, 0.4) is 0 Å². The van der Waals surface area contributed by atoms with Crippen molar-refractivity contribution >= 4 is 17.5 Å². The topological polar surface area (TPSA) is 68.3 Å². The molecular formula is C17H21ClN2O2. The largest absolute Gasteiger partial charge is 0.451 e. The highest BCUT2D eigenvalue weighted by atomic mass is 35.5. The molecule has 2 rings (SSSR count). The zero-order valence-corrected chi connectivity index (χ0v) is 13.6. The summed E-state index contributed by atoms with van der Waals surface area (Å²) in [4.78, 5) is 12.4. The van der Waals surface area contributed by atoms with Crippen molar-refractivity contribution in [3.8, 4) is 11.3 Å². The Labute approximate surface area is 135 Å². The first kappa shape index (κ1) is 16.6. The summed E-state index contributed by atoms with van der Waals surface area (Å²) >= 11 is 6.14. The molecule has 0 radical (unpaired) electrons. The minimum atomic E-state index is -0.394. The van der Waals surface area contributed by atoms with Gasteiger partial charge < -0.3 is 15.5 Å². The van der Waals surface area contributed by atoms with Crippen LogP contribution in [-0.2, 0) is 0 Å². The molecule has 0 fully saturated rings. The van der Waals surface area contributed by atoms with Crippen molar-refractivity contribution < 1.29 is 9.21 Å². The van der Waals surface area contributed by atoms with Crippen LogP contribution in [-0.4, -0.2) is 18.0 Å². The van der Waals surface area contributed by atoms with Crippen molar-refractivity contribution in [3.63, 3.8) is 0 Å². The van der Waals surface area contributed by atoms with Gasteiger partial charge in [-0.05, 0) is 37.1 Å². The Balaban J connectivity index is 2.21. The average molecular weight is 321 g/mol. The predicted molar refractivity (Wildman–Crippen MR) is 89.0 cm³/mol. The van der Waals surface area contributed by atoms with E-state index in [2.05, 4.69) is 5.32 Å². The second-order valence-electron chi connectivity index (χ2n) is 5.29. The van der Waals surface area contributed by atoms with Gasteiger partial charge in [-0.15, -0.1) is 0 Å². The van der Waals surface area contributed by atoms with Gasteiger partial charge in [-0.1, -0.05) is 37.6 Å². The number of halogens is 1. The lowest BCUT2D eigenvalue weighted by Crippen LogP contribution is -2.52. The number of furan rings is 1. The number of rotatable bonds is 6. The number of amides is 1. The monoisotopic (exact) mass is 320 g/mol. The Morgan fingerprint density at radius 2 is 1.91 bits per heavy atom. The third kappa shape index (κ3) is 3.34. The lowest BCUT2D eigenvalue weighted by molar-refractivity contribution is 0.0867. The number of carbonyl (C=O) groups excluding carboxylic acids is 1. The average Bonchev–Trinajstić information content (AvgIpc) is 3.03. The molecule has 0 aliphatic rings. The summed E-state index contributed by atoms with van der Waals surface area (Å²) in [6.07, 6.45) is 1.54. The second-order valence-corrected chi connectivity index (χ2v) is 5.70. The Hall–Kier alpha value is -1.78. The van der Waals surface area contributed by atoms with Crippen LogP contribution < -0.4 is 11.1 Å². The van der Waals surface area contributed by atoms with Crippen molar-refractivity contribution in [2.75, 3.05) is 6.54 Å². The zero-order chi connectivity index (χ0) is 16.2. The number of benzene rings is 1. The quantitative estimate of drug-likeness (QED) is 0.849. The van der Waals surface area contributed by atoms with E-state index in [4.69, 9.17) is 21.8 Å². The Kier molecular flexibility index (Phi) is 5.27. The van der Waals surface area contributed by atoms with Crippen LogP contribution in [0.15, 0.2) is 40.8 Å². The number of nitrogens with one attached hydrogen (secondary N) is 1. The maximum absolute atomic E-state index is 12.4. The minimum Gasteiger partial charge on any atom is -0.451 e. The van der Waals surface area contributed by atoms with Crippen LogP contribution in [0.1, 0.15) is 37.2 Å². The standard InChI is InChI=1S/C17H21ClN2O2/c1-3-17(4-2,11-19)20-16(21)15-10-9-14(22-15)12-7-5-6-8-13(12)18/h5-10H,3-4,11,19H2,1-2H3,(H,20,21). The van der Waals surface area contributed by atoms with E-state index in [1.165, 1.54) is 0 Å². The molecule has 0 saturated heterocycles. The fourth-order valence-corrected chi connectivity index (χ4v) is 2.56. The molecule has 4 nitrogen and oxygen atoms in total. The van der Waals surface area contributed by atoms with E-state index < -0.39 is 5.54 Å². The van der Waals surface area contributed by atoms with E-state index in [0.29, 0.717) is 17.3 Å². The highest BCUT2D eigenvalue weighted by molar-refractivity contribution is 6.33. The molecule has 22 heavy (non-hydrogen) atoms. The van der Waals surface area contributed by atoms with E-state index in [1.807, 2.05) is 32.0 Å². The Morgan fingerprint density at radius 3 is 2.50 bits per heavy atom. The van der Waals surface area contributed by atoms with Gasteiger partial charge in [-0.2, -0.15) is 0 Å². The molecule has 0 spiro atoms. The van der Waals surface area contributed by atoms with E-state index in [9.17, 15) is 4.79 Å². The summed E-state index contributed by atoms with van der Waals surface area (Å²) in [7, 11) is 0. The molecule has 1 amide bonds. The second kappa shape index (κ2) is 6.99. The first-order chi connectivity index (χ1) is 10.5. The molecule has 1 aromatic heterocycles. The van der Waals surface area contributed by atoms with Gasteiger partial charge in [0, 0.05) is 12.1 Å². The Morgan fingerprint density at radius 1 is 1.23 bits per heavy atom. The smallest absolute Gasteiger partial charge is 0.287 e. The van der Waals surface area contributed by atoms with Gasteiger partial charge in [0.05, 0.1) is 10.6 Å². The fourth-order valence-electron chi connectivity index (χ4n) is 2.33. The minimum absolute atomic E-state index is 0.257. The normalized spacial score (nSPS) is 11.5. The highest BCUT2D eigenvalue weighted by Gasteiger charge is 2.28. The molecule has 2 aromatic rings. The first-order valence-electron chi connectivity index (χ1n) is 7.42. The van der Waals surface area contributed by atoms with Crippen LogP contribution in [0.4, 0.5) is 0 Å². The van der Waals surface area contributed by atoms with Gasteiger partial charge in [0.2, 0.25) is 0 Å². The van der Waals surface area contributed by atoms with Crippen LogP contribution in [0.25, 0.3) is 11.3 Å². The maximum Gasteiger partial charge on any atom is 0.287 e. The molecular weight excluding hydrogens is 300 g/mol. The number of hydrogen-bond acceptors (Lipinski definition) is 3. The fraction of sp³-hybridized carbons (Fsp3) is 0.353. The summed E-state index contributed by atoms with van der Waals surface area (Å²) in [5, 5.41) is 3.57. The number of nitrogens with two attached hydrogens (primary N) is 1. The van der Waals surface area contributed by atoms with Gasteiger partial charge in [-0.25, -0.2) is 0 Å². The highest BCUT2D eigenvalue weighted by Crippen LogP contribution is 2.29. The molecule has 0 unspecified atom stereocenters.